The average molecular weight is 364 g/mol. The molecule has 1 aliphatic rings. The highest BCUT2D eigenvalue weighted by atomic mass is 35.5. The largest absolute Gasteiger partial charge is 0.462 e. The summed E-state index contributed by atoms with van der Waals surface area (Å²) in [4.78, 5) is 27.0. The van der Waals surface area contributed by atoms with Crippen LogP contribution in [0.25, 0.3) is 0 Å². The van der Waals surface area contributed by atoms with Crippen molar-refractivity contribution in [3.8, 4) is 0 Å². The van der Waals surface area contributed by atoms with Gasteiger partial charge in [0.15, 0.2) is 12.4 Å². The predicted octanol–water partition coefficient (Wildman–Crippen LogP) is 0.230. The van der Waals surface area contributed by atoms with Gasteiger partial charge in [-0.1, -0.05) is 13.8 Å². The second-order valence-corrected chi connectivity index (χ2v) is 6.17. The van der Waals surface area contributed by atoms with Crippen LogP contribution in [0, 0.1) is 5.92 Å². The number of esters is 1. The van der Waals surface area contributed by atoms with E-state index in [4.69, 9.17) is 26.8 Å². The summed E-state index contributed by atoms with van der Waals surface area (Å²) >= 11 is 5.84. The second kappa shape index (κ2) is 7.04. The van der Waals surface area contributed by atoms with E-state index in [1.165, 1.54) is 12.3 Å². The van der Waals surface area contributed by atoms with Gasteiger partial charge in [0.2, 0.25) is 0 Å². The van der Waals surface area contributed by atoms with Crippen molar-refractivity contribution in [2.24, 2.45) is 5.92 Å². The van der Waals surface area contributed by atoms with Crippen molar-refractivity contribution in [1.82, 2.24) is 9.55 Å². The molecule has 1 aromatic rings. The molecule has 2 rings (SSSR count). The van der Waals surface area contributed by atoms with Crippen LogP contribution >= 0.6 is 11.6 Å². The third-order valence-corrected chi connectivity index (χ3v) is 4.20. The number of ether oxygens (including phenoxy) is 2. The highest BCUT2D eigenvalue weighted by Gasteiger charge is 2.56. The summed E-state index contributed by atoms with van der Waals surface area (Å²) in [7, 11) is 0. The number of hydrogen-bond donors (Lipinski definition) is 2. The molecule has 0 spiro atoms. The second-order valence-electron chi connectivity index (χ2n) is 5.90. The lowest BCUT2D eigenvalue weighted by Gasteiger charge is -2.29. The van der Waals surface area contributed by atoms with E-state index in [1.54, 1.807) is 13.8 Å². The molecule has 1 aromatic heterocycles. The predicted molar refractivity (Wildman–Crippen MR) is 83.2 cm³/mol. The molecule has 0 aromatic carbocycles. The van der Waals surface area contributed by atoms with Crippen molar-refractivity contribution in [2.45, 2.75) is 38.0 Å². The van der Waals surface area contributed by atoms with Gasteiger partial charge >= 0.3 is 11.7 Å². The van der Waals surface area contributed by atoms with Gasteiger partial charge in [0.25, 0.3) is 0 Å². The number of aliphatic hydroxyl groups excluding tert-OH is 1. The molecule has 10 heteroatoms. The van der Waals surface area contributed by atoms with Gasteiger partial charge in [-0.3, -0.25) is 9.36 Å². The van der Waals surface area contributed by atoms with Gasteiger partial charge in [0.1, 0.15) is 24.1 Å². The van der Waals surface area contributed by atoms with Gasteiger partial charge in [-0.2, -0.15) is 4.98 Å². The number of anilines is 1. The minimum atomic E-state index is -1.97. The summed E-state index contributed by atoms with van der Waals surface area (Å²) < 4.78 is 25.9. The van der Waals surface area contributed by atoms with Crippen LogP contribution in [0.1, 0.15) is 20.1 Å². The minimum absolute atomic E-state index is 0.0281. The summed E-state index contributed by atoms with van der Waals surface area (Å²) in [6.07, 6.45) is -3.91. The fourth-order valence-electron chi connectivity index (χ4n) is 2.28. The Hall–Kier alpha value is -1.71. The molecule has 0 radical (unpaired) electrons. The molecule has 3 N–H and O–H groups in total. The Morgan fingerprint density at radius 1 is 1.67 bits per heavy atom. The van der Waals surface area contributed by atoms with E-state index >= 15 is 0 Å². The zero-order chi connectivity index (χ0) is 18.1. The standard InChI is InChI=1S/C14H19ClFN3O5/c1-7(2)12(21)23-6-14(5-15)10(20)9(16)11(24-14)19-4-3-8(17)18-13(19)22/h3-4,7,9-11,20H,5-6H2,1-2H3,(H2,17,18,22)/t9-,10+,11-,14-/m1/s1. The molecule has 1 saturated heterocycles. The number of aromatic nitrogens is 2. The van der Waals surface area contributed by atoms with Crippen LogP contribution in [-0.2, 0) is 14.3 Å². The molecule has 1 aliphatic heterocycles. The molecule has 0 bridgehead atoms. The van der Waals surface area contributed by atoms with Crippen molar-refractivity contribution in [3.05, 3.63) is 22.7 Å². The molecule has 0 unspecified atom stereocenters. The molecule has 1 fully saturated rings. The van der Waals surface area contributed by atoms with Gasteiger partial charge in [0, 0.05) is 6.20 Å². The van der Waals surface area contributed by atoms with Crippen molar-refractivity contribution in [3.63, 3.8) is 0 Å². The third-order valence-electron chi connectivity index (χ3n) is 3.75. The molecule has 4 atom stereocenters. The molecular formula is C14H19ClFN3O5. The van der Waals surface area contributed by atoms with Crippen LogP contribution in [0.5, 0.6) is 0 Å². The number of nitrogens with zero attached hydrogens (tertiary/aromatic N) is 2. The van der Waals surface area contributed by atoms with E-state index in [0.717, 1.165) is 4.57 Å². The number of alkyl halides is 2. The number of nitrogens with two attached hydrogens (primary N) is 1. The SMILES string of the molecule is CC(C)C(=O)OC[C@@]1(CCl)O[C@@H](n2ccc(N)nc2=O)[C@H](F)[C@@H]1O. The first-order valence-corrected chi connectivity index (χ1v) is 7.82. The number of aliphatic hydroxyl groups is 1. The first-order valence-electron chi connectivity index (χ1n) is 7.29. The zero-order valence-electron chi connectivity index (χ0n) is 13.2. The molecule has 0 aliphatic carbocycles. The summed E-state index contributed by atoms with van der Waals surface area (Å²) in [5, 5.41) is 10.2. The molecule has 2 heterocycles. The maximum absolute atomic E-state index is 14.5. The Morgan fingerprint density at radius 2 is 2.33 bits per heavy atom. The van der Waals surface area contributed by atoms with Gasteiger partial charge in [-0.25, -0.2) is 9.18 Å². The number of carbonyl (C=O) groups is 1. The van der Waals surface area contributed by atoms with Crippen LogP contribution in [-0.4, -0.2) is 51.0 Å². The zero-order valence-corrected chi connectivity index (χ0v) is 13.9. The fraction of sp³-hybridized carbons (Fsp3) is 0.643. The van der Waals surface area contributed by atoms with E-state index in [2.05, 4.69) is 4.98 Å². The molecule has 8 nitrogen and oxygen atoms in total. The van der Waals surface area contributed by atoms with Crippen LogP contribution in [0.15, 0.2) is 17.1 Å². The lowest BCUT2D eigenvalue weighted by atomic mass is 9.99. The maximum Gasteiger partial charge on any atom is 0.351 e. The van der Waals surface area contributed by atoms with Gasteiger partial charge in [0.05, 0.1) is 11.8 Å². The number of rotatable bonds is 5. The van der Waals surface area contributed by atoms with Crippen LogP contribution < -0.4 is 11.4 Å². The highest BCUT2D eigenvalue weighted by Crippen LogP contribution is 2.39. The number of halogens is 2. The number of nitrogen functional groups attached to an aromatic ring is 1. The van der Waals surface area contributed by atoms with Crippen LogP contribution in [0.4, 0.5) is 10.2 Å². The Labute approximate surface area is 142 Å². The molecule has 0 saturated carbocycles. The van der Waals surface area contributed by atoms with Gasteiger partial charge in [-0.05, 0) is 6.07 Å². The molecule has 24 heavy (non-hydrogen) atoms. The smallest absolute Gasteiger partial charge is 0.351 e. The van der Waals surface area contributed by atoms with Crippen molar-refractivity contribution < 1.29 is 23.8 Å². The quantitative estimate of drug-likeness (QED) is 0.568. The molecule has 0 amide bonds. The van der Waals surface area contributed by atoms with E-state index < -0.39 is 48.3 Å². The van der Waals surface area contributed by atoms with E-state index in [1.807, 2.05) is 0 Å². The Kier molecular flexibility index (Phi) is 5.46. The van der Waals surface area contributed by atoms with Gasteiger partial charge < -0.3 is 20.3 Å². The number of carbonyl (C=O) groups excluding carboxylic acids is 1. The van der Waals surface area contributed by atoms with Gasteiger partial charge in [-0.15, -0.1) is 11.6 Å². The van der Waals surface area contributed by atoms with Crippen LogP contribution in [0.2, 0.25) is 0 Å². The summed E-state index contributed by atoms with van der Waals surface area (Å²) in [6.45, 7) is 2.81. The first-order chi connectivity index (χ1) is 11.2. The molecular weight excluding hydrogens is 345 g/mol. The monoisotopic (exact) mass is 363 g/mol. The molecule has 134 valence electrons. The summed E-state index contributed by atoms with van der Waals surface area (Å²) in [5.41, 5.74) is 2.89. The summed E-state index contributed by atoms with van der Waals surface area (Å²) in [6, 6.07) is 1.29. The fourth-order valence-corrected chi connectivity index (χ4v) is 2.58. The Bertz CT molecular complexity index is 670. The first kappa shape index (κ1) is 18.6. The summed E-state index contributed by atoms with van der Waals surface area (Å²) in [5.74, 6) is -1.31. The van der Waals surface area contributed by atoms with E-state index in [9.17, 15) is 19.1 Å². The normalized spacial score (nSPS) is 29.8. The van der Waals surface area contributed by atoms with Crippen molar-refractivity contribution in [2.75, 3.05) is 18.2 Å². The minimum Gasteiger partial charge on any atom is -0.462 e. The average Bonchev–Trinajstić information content (AvgIpc) is 2.78. The topological polar surface area (TPSA) is 117 Å². The van der Waals surface area contributed by atoms with E-state index in [0.29, 0.717) is 0 Å². The Morgan fingerprint density at radius 3 is 2.88 bits per heavy atom. The Balaban J connectivity index is 2.26. The third kappa shape index (κ3) is 3.38. The van der Waals surface area contributed by atoms with Crippen LogP contribution in [0.3, 0.4) is 0 Å². The van der Waals surface area contributed by atoms with Crippen molar-refractivity contribution >= 4 is 23.4 Å². The maximum atomic E-state index is 14.5. The lowest BCUT2D eigenvalue weighted by molar-refractivity contribution is -0.165. The van der Waals surface area contributed by atoms with Crippen molar-refractivity contribution in [1.29, 1.82) is 0 Å². The van der Waals surface area contributed by atoms with E-state index in [-0.39, 0.29) is 11.7 Å². The highest BCUT2D eigenvalue weighted by molar-refractivity contribution is 6.18. The lowest BCUT2D eigenvalue weighted by Crippen LogP contribution is -2.48. The number of hydrogen-bond acceptors (Lipinski definition) is 7.